The van der Waals surface area contributed by atoms with Crippen LogP contribution in [-0.2, 0) is 21.4 Å². The number of likely N-dealkylation sites (tertiary alicyclic amines) is 1. The molecular formula is C36H43FN2O3. The zero-order chi connectivity index (χ0) is 30.0. The second-order valence-corrected chi connectivity index (χ2v) is 13.1. The second kappa shape index (κ2) is 12.4. The van der Waals surface area contributed by atoms with Crippen LogP contribution in [0.2, 0.25) is 0 Å². The van der Waals surface area contributed by atoms with Gasteiger partial charge in [-0.1, -0.05) is 69.3 Å². The normalized spacial score (nSPS) is 22.7. The van der Waals surface area contributed by atoms with Crippen LogP contribution in [-0.4, -0.2) is 36.0 Å². The van der Waals surface area contributed by atoms with Gasteiger partial charge in [0.2, 0.25) is 5.91 Å². The summed E-state index contributed by atoms with van der Waals surface area (Å²) in [5.41, 5.74) is 4.58. The molecule has 2 aliphatic heterocycles. The molecule has 0 aliphatic carbocycles. The van der Waals surface area contributed by atoms with Crippen LogP contribution in [0, 0.1) is 24.6 Å². The zero-order valence-corrected chi connectivity index (χ0v) is 25.5. The van der Waals surface area contributed by atoms with E-state index in [1.54, 1.807) is 24.0 Å². The Kier molecular flexibility index (Phi) is 8.84. The molecule has 0 radical (unpaired) electrons. The summed E-state index contributed by atoms with van der Waals surface area (Å²) in [6, 6.07) is 20.4. The van der Waals surface area contributed by atoms with Crippen LogP contribution in [0.25, 0.3) is 0 Å². The Balaban J connectivity index is 1.46. The van der Waals surface area contributed by atoms with Crippen LogP contribution in [0.3, 0.4) is 0 Å². The fourth-order valence-corrected chi connectivity index (χ4v) is 6.49. The van der Waals surface area contributed by atoms with Crippen molar-refractivity contribution in [1.82, 2.24) is 4.90 Å². The topological polar surface area (TPSA) is 58.6 Å². The molecule has 2 fully saturated rings. The molecule has 4 atom stereocenters. The molecule has 5 rings (SSSR count). The smallest absolute Gasteiger partial charge is 0.257 e. The maximum atomic E-state index is 15.0. The molecule has 3 aromatic carbocycles. The molecule has 2 amide bonds. The van der Waals surface area contributed by atoms with E-state index in [1.807, 2.05) is 30.3 Å². The van der Waals surface area contributed by atoms with Crippen LogP contribution < -0.4 is 5.32 Å². The van der Waals surface area contributed by atoms with Crippen LogP contribution in [0.4, 0.5) is 10.1 Å². The van der Waals surface area contributed by atoms with Gasteiger partial charge >= 0.3 is 0 Å². The van der Waals surface area contributed by atoms with Crippen molar-refractivity contribution in [2.45, 2.75) is 77.9 Å². The molecular weight excluding hydrogens is 527 g/mol. The Morgan fingerprint density at radius 2 is 1.79 bits per heavy atom. The monoisotopic (exact) mass is 570 g/mol. The Morgan fingerprint density at radius 1 is 1.05 bits per heavy atom. The van der Waals surface area contributed by atoms with Gasteiger partial charge in [-0.15, -0.1) is 0 Å². The van der Waals surface area contributed by atoms with Crippen molar-refractivity contribution in [1.29, 1.82) is 0 Å². The van der Waals surface area contributed by atoms with E-state index in [9.17, 15) is 14.0 Å². The van der Waals surface area contributed by atoms with Crippen molar-refractivity contribution in [2.24, 2.45) is 11.8 Å². The lowest BCUT2D eigenvalue weighted by molar-refractivity contribution is -0.123. The van der Waals surface area contributed by atoms with Gasteiger partial charge in [0.1, 0.15) is 5.82 Å². The molecule has 0 aromatic heterocycles. The fraction of sp³-hybridized carbons (Fsp3) is 0.444. The predicted molar refractivity (Wildman–Crippen MR) is 165 cm³/mol. The highest BCUT2D eigenvalue weighted by Crippen LogP contribution is 2.39. The number of rotatable bonds is 6. The lowest BCUT2D eigenvalue weighted by atomic mass is 9.82. The average Bonchev–Trinajstić information content (AvgIpc) is 3.36. The van der Waals surface area contributed by atoms with Gasteiger partial charge in [-0.3, -0.25) is 9.59 Å². The molecule has 0 bridgehead atoms. The Hall–Kier alpha value is -3.51. The molecule has 3 aromatic rings. The third kappa shape index (κ3) is 6.59. The number of nitrogens with one attached hydrogen (secondary N) is 1. The third-order valence-corrected chi connectivity index (χ3v) is 8.79. The molecule has 2 aliphatic rings. The third-order valence-electron chi connectivity index (χ3n) is 8.79. The van der Waals surface area contributed by atoms with Crippen LogP contribution in [0.5, 0.6) is 0 Å². The highest BCUT2D eigenvalue weighted by Gasteiger charge is 2.40. The number of hydrogen-bond acceptors (Lipinski definition) is 3. The first-order valence-electron chi connectivity index (χ1n) is 15.2. The fourth-order valence-electron chi connectivity index (χ4n) is 6.49. The number of anilines is 1. The van der Waals surface area contributed by atoms with E-state index in [2.05, 4.69) is 51.2 Å². The van der Waals surface area contributed by atoms with Crippen molar-refractivity contribution in [3.63, 3.8) is 0 Å². The lowest BCUT2D eigenvalue weighted by Gasteiger charge is -2.41. The minimum atomic E-state index is -0.535. The standard InChI is InChI=1S/C36H43FN2O3/c1-23-9-6-13-31(37)32(23)35(41)39-18-8-12-30(34(40)38-29-11-7-10-28(21-29)36(3,4)5)33(39)27-16-14-25(15-17-27)20-26-19-24(2)42-22-26/h6-7,9-11,13-17,21,24,26,30,33H,8,12,18-20,22H2,1-5H3,(H,38,40)/t24-,26?,30-,33-/m0/s1. The SMILES string of the molecule is Cc1cccc(F)c1C(=O)N1CCC[C@H](C(=O)Nc2cccc(C(C)(C)C)c2)[C@@H]1c1ccc(CC2CO[C@@H](C)C2)cc1. The van der Waals surface area contributed by atoms with Gasteiger partial charge in [0.05, 0.1) is 30.2 Å². The number of hydrogen-bond donors (Lipinski definition) is 1. The van der Waals surface area contributed by atoms with Gasteiger partial charge in [-0.25, -0.2) is 4.39 Å². The summed E-state index contributed by atoms with van der Waals surface area (Å²) in [5, 5.41) is 3.14. The van der Waals surface area contributed by atoms with Gasteiger partial charge in [-0.2, -0.15) is 0 Å². The van der Waals surface area contributed by atoms with Crippen molar-refractivity contribution in [3.05, 3.63) is 100 Å². The molecule has 222 valence electrons. The van der Waals surface area contributed by atoms with E-state index in [0.717, 1.165) is 36.3 Å². The number of aryl methyl sites for hydroxylation is 1. The van der Waals surface area contributed by atoms with Crippen molar-refractivity contribution in [3.8, 4) is 0 Å². The number of benzene rings is 3. The van der Waals surface area contributed by atoms with Crippen LogP contribution in [0.1, 0.15) is 85.6 Å². The summed E-state index contributed by atoms with van der Waals surface area (Å²) >= 11 is 0. The van der Waals surface area contributed by atoms with E-state index < -0.39 is 17.8 Å². The van der Waals surface area contributed by atoms with Gasteiger partial charge in [0, 0.05) is 12.2 Å². The maximum absolute atomic E-state index is 15.0. The summed E-state index contributed by atoms with van der Waals surface area (Å²) in [7, 11) is 0. The summed E-state index contributed by atoms with van der Waals surface area (Å²) in [6.45, 7) is 11.5. The highest BCUT2D eigenvalue weighted by molar-refractivity contribution is 5.98. The Labute approximate surface area is 249 Å². The lowest BCUT2D eigenvalue weighted by Crippen LogP contribution is -2.46. The van der Waals surface area contributed by atoms with E-state index in [4.69, 9.17) is 4.74 Å². The molecule has 2 heterocycles. The number of amides is 2. The first kappa shape index (κ1) is 30.0. The highest BCUT2D eigenvalue weighted by atomic mass is 19.1. The number of halogens is 1. The van der Waals surface area contributed by atoms with Gasteiger partial charge < -0.3 is 15.0 Å². The predicted octanol–water partition coefficient (Wildman–Crippen LogP) is 7.63. The molecule has 1 N–H and O–H groups in total. The van der Waals surface area contributed by atoms with Crippen LogP contribution >= 0.6 is 0 Å². The molecule has 6 heteroatoms. The molecule has 2 saturated heterocycles. The first-order valence-corrected chi connectivity index (χ1v) is 15.2. The first-order chi connectivity index (χ1) is 20.0. The summed E-state index contributed by atoms with van der Waals surface area (Å²) < 4.78 is 20.8. The summed E-state index contributed by atoms with van der Waals surface area (Å²) in [6.07, 6.45) is 3.57. The molecule has 42 heavy (non-hydrogen) atoms. The molecule has 0 spiro atoms. The van der Waals surface area contributed by atoms with E-state index >= 15 is 0 Å². The van der Waals surface area contributed by atoms with E-state index in [-0.39, 0.29) is 22.8 Å². The Morgan fingerprint density at radius 3 is 2.45 bits per heavy atom. The minimum Gasteiger partial charge on any atom is -0.378 e. The number of nitrogens with zero attached hydrogens (tertiary/aromatic N) is 1. The van der Waals surface area contributed by atoms with Gasteiger partial charge in [0.15, 0.2) is 0 Å². The quantitative estimate of drug-likeness (QED) is 0.332. The van der Waals surface area contributed by atoms with Crippen LogP contribution in [0.15, 0.2) is 66.7 Å². The maximum Gasteiger partial charge on any atom is 0.257 e. The van der Waals surface area contributed by atoms with Crippen molar-refractivity contribution in [2.75, 3.05) is 18.5 Å². The van der Waals surface area contributed by atoms with Crippen molar-refractivity contribution >= 4 is 17.5 Å². The summed E-state index contributed by atoms with van der Waals surface area (Å²) in [4.78, 5) is 29.6. The second-order valence-electron chi connectivity index (χ2n) is 13.1. The largest absolute Gasteiger partial charge is 0.378 e. The van der Waals surface area contributed by atoms with E-state index in [0.29, 0.717) is 37.0 Å². The number of carbonyl (C=O) groups is 2. The number of carbonyl (C=O) groups excluding carboxylic acids is 2. The number of piperidine rings is 1. The molecule has 1 unspecified atom stereocenters. The Bertz CT molecular complexity index is 1410. The average molecular weight is 571 g/mol. The van der Waals surface area contributed by atoms with E-state index in [1.165, 1.54) is 11.6 Å². The molecule has 5 nitrogen and oxygen atoms in total. The number of ether oxygens (including phenoxy) is 1. The minimum absolute atomic E-state index is 0.0562. The van der Waals surface area contributed by atoms with Gasteiger partial charge in [-0.05, 0) is 91.3 Å². The van der Waals surface area contributed by atoms with Gasteiger partial charge in [0.25, 0.3) is 5.91 Å². The summed E-state index contributed by atoms with van der Waals surface area (Å²) in [5.74, 6) is -1.03. The van der Waals surface area contributed by atoms with Crippen molar-refractivity contribution < 1.29 is 18.7 Å². The molecule has 0 saturated carbocycles. The zero-order valence-electron chi connectivity index (χ0n) is 25.5.